The Kier molecular flexibility index (Phi) is 6.48. The van der Waals surface area contributed by atoms with Crippen LogP contribution in [0.2, 0.25) is 0 Å². The first-order valence-electron chi connectivity index (χ1n) is 15.2. The number of benzene rings is 3. The molecule has 0 unspecified atom stereocenters. The van der Waals surface area contributed by atoms with Gasteiger partial charge in [0.2, 0.25) is 0 Å². The maximum absolute atomic E-state index is 14.2. The van der Waals surface area contributed by atoms with Gasteiger partial charge in [-0.3, -0.25) is 9.59 Å². The molecule has 0 spiro atoms. The summed E-state index contributed by atoms with van der Waals surface area (Å²) in [4.78, 5) is 28.4. The third-order valence-corrected chi connectivity index (χ3v) is 9.04. The Morgan fingerprint density at radius 2 is 0.595 bits per heavy atom. The van der Waals surface area contributed by atoms with E-state index in [9.17, 15) is 9.59 Å². The number of aryl methyl sites for hydroxylation is 2. The summed E-state index contributed by atoms with van der Waals surface area (Å²) < 4.78 is 4.19. The maximum atomic E-state index is 14.2. The molecular formula is C38H48N2O2. The highest BCUT2D eigenvalue weighted by atomic mass is 16.1. The minimum atomic E-state index is -0.111. The number of fused-ring (bicyclic) bond motifs is 4. The first-order chi connectivity index (χ1) is 19.0. The molecule has 42 heavy (non-hydrogen) atoms. The molecule has 0 aliphatic heterocycles. The van der Waals surface area contributed by atoms with Crippen LogP contribution in [0.5, 0.6) is 0 Å². The van der Waals surface area contributed by atoms with Crippen molar-refractivity contribution in [1.29, 1.82) is 0 Å². The van der Waals surface area contributed by atoms with Crippen LogP contribution in [0.4, 0.5) is 0 Å². The number of pyridine rings is 2. The molecule has 0 radical (unpaired) electrons. The molecule has 0 aliphatic rings. The fraction of sp³-hybridized carbons (Fsp3) is 0.474. The van der Waals surface area contributed by atoms with E-state index in [0.29, 0.717) is 10.8 Å². The Morgan fingerprint density at radius 1 is 0.381 bits per heavy atom. The normalized spacial score (nSPS) is 13.7. The molecule has 0 saturated heterocycles. The van der Waals surface area contributed by atoms with Gasteiger partial charge in [-0.2, -0.15) is 0 Å². The standard InChI is InChI=1S/C38H48N2O2/c1-35(2,3)25-15-21-31(19-27(25)37(7,8)9)39(13)29-18-24-30(17-23(29)33(21)41)40(14)32-20-28(38(10,11)12)26(36(4,5)6)16-22(32)34(24)42/h15-20H,1-14H3. The molecule has 0 saturated carbocycles. The summed E-state index contributed by atoms with van der Waals surface area (Å²) in [7, 11) is 4.02. The van der Waals surface area contributed by atoms with E-state index in [-0.39, 0.29) is 32.5 Å². The number of aromatic nitrogens is 2. The van der Waals surface area contributed by atoms with Crippen LogP contribution in [-0.2, 0) is 35.8 Å². The molecule has 5 aromatic rings. The largest absolute Gasteiger partial charge is 0.343 e. The first-order valence-corrected chi connectivity index (χ1v) is 15.2. The van der Waals surface area contributed by atoms with Crippen LogP contribution in [0.25, 0.3) is 43.6 Å². The van der Waals surface area contributed by atoms with Crippen LogP contribution in [0.3, 0.4) is 0 Å². The van der Waals surface area contributed by atoms with Gasteiger partial charge in [-0.15, -0.1) is 0 Å². The number of hydrogen-bond acceptors (Lipinski definition) is 2. The SMILES string of the molecule is Cn1c2cc(C(C)(C)C)c(C(C)(C)C)cc2c(=O)c2cc3c(cc21)c(=O)c1cc(C(C)(C)C)c(C(C)(C)C)cc1n3C. The van der Waals surface area contributed by atoms with E-state index < -0.39 is 0 Å². The molecule has 4 nitrogen and oxygen atoms in total. The second kappa shape index (κ2) is 9.05. The summed E-state index contributed by atoms with van der Waals surface area (Å²) in [6.07, 6.45) is 0. The zero-order valence-corrected chi connectivity index (χ0v) is 28.2. The number of nitrogens with zero attached hydrogens (tertiary/aromatic N) is 2. The maximum Gasteiger partial charge on any atom is 0.197 e. The number of rotatable bonds is 0. The molecule has 4 heteroatoms. The van der Waals surface area contributed by atoms with Gasteiger partial charge >= 0.3 is 0 Å². The van der Waals surface area contributed by atoms with Gasteiger partial charge in [0.05, 0.1) is 22.1 Å². The van der Waals surface area contributed by atoms with Gasteiger partial charge in [-0.1, -0.05) is 83.1 Å². The molecule has 0 fully saturated rings. The number of hydrogen-bond donors (Lipinski definition) is 0. The van der Waals surface area contributed by atoms with Crippen molar-refractivity contribution in [2.45, 2.75) is 105 Å². The topological polar surface area (TPSA) is 44.0 Å². The zero-order chi connectivity index (χ0) is 31.5. The summed E-state index contributed by atoms with van der Waals surface area (Å²) in [5, 5.41) is 2.71. The van der Waals surface area contributed by atoms with Crippen LogP contribution in [-0.4, -0.2) is 9.13 Å². The van der Waals surface area contributed by atoms with Crippen molar-refractivity contribution in [2.75, 3.05) is 0 Å². The van der Waals surface area contributed by atoms with Gasteiger partial charge in [-0.05, 0) is 80.3 Å². The van der Waals surface area contributed by atoms with Gasteiger partial charge in [0, 0.05) is 35.6 Å². The average Bonchev–Trinajstić information content (AvgIpc) is 2.86. The predicted octanol–water partition coefficient (Wildman–Crippen LogP) is 8.89. The van der Waals surface area contributed by atoms with Gasteiger partial charge in [-0.25, -0.2) is 0 Å². The van der Waals surface area contributed by atoms with Crippen molar-refractivity contribution in [2.24, 2.45) is 14.1 Å². The Hall–Kier alpha value is -3.40. The van der Waals surface area contributed by atoms with Crippen molar-refractivity contribution in [3.8, 4) is 0 Å². The van der Waals surface area contributed by atoms with Crippen molar-refractivity contribution in [3.63, 3.8) is 0 Å². The molecule has 222 valence electrons. The highest BCUT2D eigenvalue weighted by molar-refractivity contribution is 6.04. The summed E-state index contributed by atoms with van der Waals surface area (Å²) in [6.45, 7) is 26.6. The smallest absolute Gasteiger partial charge is 0.197 e. The van der Waals surface area contributed by atoms with E-state index in [1.54, 1.807) is 0 Å². The van der Waals surface area contributed by atoms with Gasteiger partial charge in [0.1, 0.15) is 0 Å². The molecule has 5 rings (SSSR count). The Bertz CT molecular complexity index is 1910. The van der Waals surface area contributed by atoms with Crippen LogP contribution in [0.1, 0.15) is 105 Å². The molecule has 0 bridgehead atoms. The molecule has 2 aromatic heterocycles. The lowest BCUT2D eigenvalue weighted by molar-refractivity contribution is 0.531. The highest BCUT2D eigenvalue weighted by Gasteiger charge is 2.29. The van der Waals surface area contributed by atoms with E-state index >= 15 is 0 Å². The monoisotopic (exact) mass is 564 g/mol. The minimum Gasteiger partial charge on any atom is -0.343 e. The van der Waals surface area contributed by atoms with Crippen LogP contribution < -0.4 is 10.9 Å². The van der Waals surface area contributed by atoms with Crippen molar-refractivity contribution < 1.29 is 0 Å². The van der Waals surface area contributed by atoms with Crippen molar-refractivity contribution in [1.82, 2.24) is 9.13 Å². The lowest BCUT2D eigenvalue weighted by Gasteiger charge is -2.31. The molecular weight excluding hydrogens is 516 g/mol. The third kappa shape index (κ3) is 4.58. The minimum absolute atomic E-state index is 0.0111. The van der Waals surface area contributed by atoms with E-state index in [1.165, 1.54) is 22.3 Å². The summed E-state index contributed by atoms with van der Waals surface area (Å²) in [6, 6.07) is 12.5. The average molecular weight is 565 g/mol. The lowest BCUT2D eigenvalue weighted by atomic mass is 9.74. The molecule has 0 aliphatic carbocycles. The molecule has 0 amide bonds. The molecule has 0 N–H and O–H groups in total. The van der Waals surface area contributed by atoms with E-state index in [1.807, 2.05) is 26.2 Å². The molecule has 3 aromatic carbocycles. The summed E-state index contributed by atoms with van der Waals surface area (Å²) in [5.74, 6) is 0. The summed E-state index contributed by atoms with van der Waals surface area (Å²) >= 11 is 0. The van der Waals surface area contributed by atoms with Crippen LogP contribution in [0.15, 0.2) is 46.0 Å². The van der Waals surface area contributed by atoms with Crippen LogP contribution >= 0.6 is 0 Å². The summed E-state index contributed by atoms with van der Waals surface area (Å²) in [5.41, 5.74) is 7.85. The first kappa shape index (κ1) is 30.1. The van der Waals surface area contributed by atoms with Gasteiger partial charge in [0.15, 0.2) is 10.9 Å². The van der Waals surface area contributed by atoms with Crippen molar-refractivity contribution >= 4 is 43.6 Å². The molecule has 2 heterocycles. The third-order valence-electron chi connectivity index (χ3n) is 9.04. The second-order valence-electron chi connectivity index (χ2n) is 16.5. The van der Waals surface area contributed by atoms with E-state index in [4.69, 9.17) is 0 Å². The van der Waals surface area contributed by atoms with Gasteiger partial charge in [0.25, 0.3) is 0 Å². The Labute approximate surface area is 250 Å². The highest BCUT2D eigenvalue weighted by Crippen LogP contribution is 2.39. The fourth-order valence-corrected chi connectivity index (χ4v) is 6.62. The quantitative estimate of drug-likeness (QED) is 0.176. The Balaban J connectivity index is 1.98. The van der Waals surface area contributed by atoms with E-state index in [2.05, 4.69) is 116 Å². The van der Waals surface area contributed by atoms with Crippen molar-refractivity contribution in [3.05, 3.63) is 79.1 Å². The second-order valence-corrected chi connectivity index (χ2v) is 16.5. The van der Waals surface area contributed by atoms with Crippen LogP contribution in [0, 0.1) is 0 Å². The van der Waals surface area contributed by atoms with E-state index in [0.717, 1.165) is 32.8 Å². The van der Waals surface area contributed by atoms with Gasteiger partial charge < -0.3 is 9.13 Å². The lowest BCUT2D eigenvalue weighted by Crippen LogP contribution is -2.24. The fourth-order valence-electron chi connectivity index (χ4n) is 6.62. The predicted molar refractivity (Wildman–Crippen MR) is 182 cm³/mol. The zero-order valence-electron chi connectivity index (χ0n) is 28.2. The Morgan fingerprint density at radius 3 is 0.857 bits per heavy atom. The molecule has 0 atom stereocenters.